The highest BCUT2D eigenvalue weighted by molar-refractivity contribution is 6.08. The normalized spacial score (nSPS) is 11.6. The maximum absolute atomic E-state index is 13.7. The number of hydrogen-bond acceptors (Lipinski definition) is 6. The van der Waals surface area contributed by atoms with Crippen molar-refractivity contribution in [2.75, 3.05) is 32.6 Å². The number of nitrogens with one attached hydrogen (secondary N) is 2. The molecule has 224 valence electrons. The molecule has 4 aromatic heterocycles. The fourth-order valence-corrected chi connectivity index (χ4v) is 4.97. The number of carbonyl (C=O) groups is 1. The second kappa shape index (κ2) is 12.2. The number of aromatic amines is 1. The third kappa shape index (κ3) is 5.85. The van der Waals surface area contributed by atoms with Crippen molar-refractivity contribution < 1.29 is 18.3 Å². The molecule has 0 radical (unpaired) electrons. The van der Waals surface area contributed by atoms with E-state index in [0.717, 1.165) is 46.4 Å². The molecule has 10 nitrogen and oxygen atoms in total. The first-order chi connectivity index (χ1) is 21.3. The molecule has 4 heterocycles. The van der Waals surface area contributed by atoms with E-state index in [1.165, 1.54) is 22.9 Å². The van der Waals surface area contributed by atoms with Gasteiger partial charge in [0.2, 0.25) is 0 Å². The predicted molar refractivity (Wildman–Crippen MR) is 163 cm³/mol. The summed E-state index contributed by atoms with van der Waals surface area (Å²) < 4.78 is 35.9. The maximum Gasteiger partial charge on any atom is 0.263 e. The number of pyridine rings is 2. The van der Waals surface area contributed by atoms with E-state index in [2.05, 4.69) is 20.4 Å². The third-order valence-corrected chi connectivity index (χ3v) is 7.24. The van der Waals surface area contributed by atoms with Gasteiger partial charge in [-0.1, -0.05) is 12.1 Å². The van der Waals surface area contributed by atoms with Gasteiger partial charge in [-0.3, -0.25) is 9.59 Å². The summed E-state index contributed by atoms with van der Waals surface area (Å²) in [5.41, 5.74) is 2.97. The van der Waals surface area contributed by atoms with Crippen molar-refractivity contribution in [3.63, 3.8) is 0 Å². The number of benzene rings is 2. The minimum Gasteiger partial charge on any atom is -0.358 e. The molecule has 0 fully saturated rings. The first kappa shape index (κ1) is 28.9. The van der Waals surface area contributed by atoms with E-state index in [-0.39, 0.29) is 24.7 Å². The molecule has 2 aromatic carbocycles. The monoisotopic (exact) mass is 597 g/mol. The zero-order chi connectivity index (χ0) is 30.8. The SMILES string of the molecule is CN(C)CCOCn1nc(NC(=O)c2cccn(Cc3ccc(F)c(F)c3)c2=O)c2cc(-c3c[nH]c4ncccc34)ccc21. The number of amides is 1. The van der Waals surface area contributed by atoms with Gasteiger partial charge in [0.1, 0.15) is 17.9 Å². The van der Waals surface area contributed by atoms with Gasteiger partial charge in [0, 0.05) is 41.5 Å². The van der Waals surface area contributed by atoms with Crippen molar-refractivity contribution in [2.45, 2.75) is 13.3 Å². The Morgan fingerprint density at radius 3 is 2.73 bits per heavy atom. The summed E-state index contributed by atoms with van der Waals surface area (Å²) in [5, 5.41) is 9.05. The largest absolute Gasteiger partial charge is 0.358 e. The molecule has 0 bridgehead atoms. The number of anilines is 1. The molecule has 0 spiro atoms. The number of ether oxygens (including phenoxy) is 1. The van der Waals surface area contributed by atoms with Crippen LogP contribution >= 0.6 is 0 Å². The molecule has 0 saturated carbocycles. The summed E-state index contributed by atoms with van der Waals surface area (Å²) in [5.74, 6) is -2.39. The molecular formula is C32H29F2N7O3. The number of likely N-dealkylation sites (N-methyl/N-ethyl adjacent to an activating group) is 1. The van der Waals surface area contributed by atoms with Crippen LogP contribution in [-0.2, 0) is 18.0 Å². The van der Waals surface area contributed by atoms with Crippen LogP contribution in [0, 0.1) is 11.6 Å². The Balaban J connectivity index is 1.33. The summed E-state index contributed by atoms with van der Waals surface area (Å²) in [4.78, 5) is 36.3. The summed E-state index contributed by atoms with van der Waals surface area (Å²) in [6, 6.07) is 16.0. The fourth-order valence-electron chi connectivity index (χ4n) is 4.97. The minimum absolute atomic E-state index is 0.0398. The summed E-state index contributed by atoms with van der Waals surface area (Å²) in [6.07, 6.45) is 5.08. The molecule has 0 saturated heterocycles. The van der Waals surface area contributed by atoms with E-state index in [0.29, 0.717) is 17.6 Å². The molecule has 44 heavy (non-hydrogen) atoms. The molecule has 0 aliphatic carbocycles. The summed E-state index contributed by atoms with van der Waals surface area (Å²) >= 11 is 0. The van der Waals surface area contributed by atoms with E-state index in [4.69, 9.17) is 4.74 Å². The quantitative estimate of drug-likeness (QED) is 0.219. The fraction of sp³-hybridized carbons (Fsp3) is 0.188. The van der Waals surface area contributed by atoms with Gasteiger partial charge >= 0.3 is 0 Å². The molecule has 0 aliphatic rings. The first-order valence-electron chi connectivity index (χ1n) is 13.9. The van der Waals surface area contributed by atoms with Gasteiger partial charge in [-0.2, -0.15) is 5.10 Å². The van der Waals surface area contributed by atoms with E-state index in [9.17, 15) is 18.4 Å². The molecule has 12 heteroatoms. The number of nitrogens with zero attached hydrogens (tertiary/aromatic N) is 5. The number of rotatable bonds is 10. The van der Waals surface area contributed by atoms with Crippen LogP contribution in [0.3, 0.4) is 0 Å². The van der Waals surface area contributed by atoms with Crippen LogP contribution in [0.5, 0.6) is 0 Å². The van der Waals surface area contributed by atoms with Gasteiger partial charge in [-0.25, -0.2) is 18.4 Å². The molecule has 2 N–H and O–H groups in total. The zero-order valence-corrected chi connectivity index (χ0v) is 24.1. The molecule has 6 aromatic rings. The Morgan fingerprint density at radius 1 is 1.05 bits per heavy atom. The van der Waals surface area contributed by atoms with Gasteiger partial charge in [-0.15, -0.1) is 0 Å². The average Bonchev–Trinajstić information content (AvgIpc) is 3.59. The van der Waals surface area contributed by atoms with Crippen LogP contribution in [0.15, 0.2) is 84.0 Å². The molecule has 6 rings (SSSR count). The van der Waals surface area contributed by atoms with Crippen molar-refractivity contribution in [1.82, 2.24) is 29.2 Å². The van der Waals surface area contributed by atoms with Crippen LogP contribution in [-0.4, -0.2) is 62.4 Å². The lowest BCUT2D eigenvalue weighted by Crippen LogP contribution is -2.29. The average molecular weight is 598 g/mol. The predicted octanol–water partition coefficient (Wildman–Crippen LogP) is 4.86. The van der Waals surface area contributed by atoms with Crippen molar-refractivity contribution >= 4 is 33.7 Å². The van der Waals surface area contributed by atoms with Gasteiger partial charge in [0.25, 0.3) is 11.5 Å². The molecule has 0 unspecified atom stereocenters. The molecule has 0 atom stereocenters. The Morgan fingerprint density at radius 2 is 1.91 bits per heavy atom. The number of carbonyl (C=O) groups excluding carboxylic acids is 1. The Kier molecular flexibility index (Phi) is 8.01. The van der Waals surface area contributed by atoms with Gasteiger partial charge in [-0.05, 0) is 73.8 Å². The number of hydrogen-bond donors (Lipinski definition) is 2. The van der Waals surface area contributed by atoms with Gasteiger partial charge in [0.05, 0.1) is 18.7 Å². The zero-order valence-electron chi connectivity index (χ0n) is 24.1. The van der Waals surface area contributed by atoms with E-state index in [1.54, 1.807) is 16.9 Å². The highest BCUT2D eigenvalue weighted by Crippen LogP contribution is 2.33. The van der Waals surface area contributed by atoms with Crippen LogP contribution in [0.2, 0.25) is 0 Å². The van der Waals surface area contributed by atoms with Crippen LogP contribution in [0.4, 0.5) is 14.6 Å². The standard InChI is InChI=1S/C32H29F2N7O3/c1-39(2)13-14-44-19-41-28-10-8-21(25-17-36-29-22(25)5-3-11-35-29)16-24(28)30(38-41)37-31(42)23-6-4-12-40(32(23)43)18-20-7-9-26(33)27(34)15-20/h3-12,15-17H,13-14,18-19H2,1-2H3,(H,35,36)(H,37,38,42). The lowest BCUT2D eigenvalue weighted by molar-refractivity contribution is 0.0616. The molecule has 0 aliphatic heterocycles. The van der Waals surface area contributed by atoms with Gasteiger partial charge < -0.3 is 24.5 Å². The summed E-state index contributed by atoms with van der Waals surface area (Å²) in [6.45, 7) is 1.33. The number of aromatic nitrogens is 5. The van der Waals surface area contributed by atoms with Crippen molar-refractivity contribution in [1.29, 1.82) is 0 Å². The number of H-pyrrole nitrogens is 1. The second-order valence-electron chi connectivity index (χ2n) is 10.6. The smallest absolute Gasteiger partial charge is 0.263 e. The highest BCUT2D eigenvalue weighted by Gasteiger charge is 2.19. The first-order valence-corrected chi connectivity index (χ1v) is 13.9. The Bertz CT molecular complexity index is 2050. The Labute approximate surface area is 250 Å². The highest BCUT2D eigenvalue weighted by atomic mass is 19.2. The second-order valence-corrected chi connectivity index (χ2v) is 10.6. The molecular weight excluding hydrogens is 568 g/mol. The van der Waals surface area contributed by atoms with E-state index >= 15 is 0 Å². The third-order valence-electron chi connectivity index (χ3n) is 7.24. The van der Waals surface area contributed by atoms with Crippen LogP contribution in [0.25, 0.3) is 33.1 Å². The van der Waals surface area contributed by atoms with Crippen molar-refractivity contribution in [2.24, 2.45) is 0 Å². The van der Waals surface area contributed by atoms with Crippen molar-refractivity contribution in [3.05, 3.63) is 112 Å². The van der Waals surface area contributed by atoms with Crippen LogP contribution < -0.4 is 10.9 Å². The van der Waals surface area contributed by atoms with Crippen molar-refractivity contribution in [3.8, 4) is 11.1 Å². The topological polar surface area (TPSA) is 110 Å². The van der Waals surface area contributed by atoms with Crippen LogP contribution in [0.1, 0.15) is 15.9 Å². The summed E-state index contributed by atoms with van der Waals surface area (Å²) in [7, 11) is 3.91. The van der Waals surface area contributed by atoms with E-state index in [1.807, 2.05) is 55.5 Å². The lowest BCUT2D eigenvalue weighted by Gasteiger charge is -2.10. The lowest BCUT2D eigenvalue weighted by atomic mass is 10.0. The number of fused-ring (bicyclic) bond motifs is 2. The minimum atomic E-state index is -1.01. The van der Waals surface area contributed by atoms with Gasteiger partial charge in [0.15, 0.2) is 17.5 Å². The van der Waals surface area contributed by atoms with E-state index < -0.39 is 23.1 Å². The number of halogens is 2. The maximum atomic E-state index is 13.7. The Hall–Kier alpha value is -5.20. The molecule has 1 amide bonds.